The monoisotopic (exact) mass is 533 g/mol. The summed E-state index contributed by atoms with van der Waals surface area (Å²) in [5, 5.41) is 6.19. The van der Waals surface area contributed by atoms with Crippen LogP contribution < -0.4 is 20.3 Å². The molecule has 0 saturated carbocycles. The predicted molar refractivity (Wildman–Crippen MR) is 128 cm³/mol. The summed E-state index contributed by atoms with van der Waals surface area (Å²) in [6.45, 7) is 6.89. The first-order valence-electron chi connectivity index (χ1n) is 10.9. The highest BCUT2D eigenvalue weighted by Gasteiger charge is 2.32. The van der Waals surface area contributed by atoms with Gasteiger partial charge >= 0.3 is 6.36 Å². The molecule has 3 rings (SSSR count). The van der Waals surface area contributed by atoms with Crippen molar-refractivity contribution >= 4 is 33.0 Å². The standard InChI is InChI=1S/C23H27ClF3N3O4S/c1-4-35(32,33)20-6-5-17(24)9-16(20)13-28-21(31)15-10-18(12-19(11-15)34-23(25,26)27)30-8-7-29-22(2,3)14-30/h5-6,9-12,29H,4,7-8,13-14H2,1-3H3,(H,28,31). The van der Waals surface area contributed by atoms with E-state index in [-0.39, 0.29) is 38.9 Å². The van der Waals surface area contributed by atoms with Crippen molar-refractivity contribution in [1.29, 1.82) is 0 Å². The molecule has 1 saturated heterocycles. The van der Waals surface area contributed by atoms with Gasteiger partial charge < -0.3 is 20.3 Å². The number of carbonyl (C=O) groups is 1. The van der Waals surface area contributed by atoms with Gasteiger partial charge in [-0.1, -0.05) is 18.5 Å². The van der Waals surface area contributed by atoms with Gasteiger partial charge in [-0.3, -0.25) is 4.79 Å². The molecule has 0 atom stereocenters. The van der Waals surface area contributed by atoms with Crippen molar-refractivity contribution in [2.24, 2.45) is 0 Å². The number of anilines is 1. The van der Waals surface area contributed by atoms with Crippen LogP contribution in [-0.2, 0) is 16.4 Å². The maximum absolute atomic E-state index is 13.0. The summed E-state index contributed by atoms with van der Waals surface area (Å²) in [6, 6.07) is 7.97. The number of nitrogens with one attached hydrogen (secondary N) is 2. The summed E-state index contributed by atoms with van der Waals surface area (Å²) in [5.41, 5.74) is 0.345. The molecule has 1 heterocycles. The van der Waals surface area contributed by atoms with Crippen molar-refractivity contribution in [2.75, 3.05) is 30.3 Å². The smallest absolute Gasteiger partial charge is 0.406 e. The maximum Gasteiger partial charge on any atom is 0.573 e. The molecule has 0 aromatic heterocycles. The lowest BCUT2D eigenvalue weighted by molar-refractivity contribution is -0.274. The molecule has 1 amide bonds. The molecule has 1 aliphatic heterocycles. The fourth-order valence-corrected chi connectivity index (χ4v) is 5.19. The molecule has 2 N–H and O–H groups in total. The molecule has 0 aliphatic carbocycles. The number of hydrogen-bond donors (Lipinski definition) is 2. The van der Waals surface area contributed by atoms with Crippen molar-refractivity contribution in [2.45, 2.75) is 44.1 Å². The van der Waals surface area contributed by atoms with Crippen molar-refractivity contribution in [3.63, 3.8) is 0 Å². The van der Waals surface area contributed by atoms with Gasteiger partial charge in [0.1, 0.15) is 5.75 Å². The van der Waals surface area contributed by atoms with Crippen LogP contribution >= 0.6 is 11.6 Å². The van der Waals surface area contributed by atoms with E-state index in [9.17, 15) is 26.4 Å². The van der Waals surface area contributed by atoms with Crippen molar-refractivity contribution in [3.05, 3.63) is 52.5 Å². The molecule has 2 aromatic rings. The van der Waals surface area contributed by atoms with Gasteiger partial charge in [0.2, 0.25) is 0 Å². The largest absolute Gasteiger partial charge is 0.573 e. The molecule has 192 valence electrons. The first kappa shape index (κ1) is 27.1. The van der Waals surface area contributed by atoms with E-state index in [1.165, 1.54) is 37.3 Å². The van der Waals surface area contributed by atoms with Crippen molar-refractivity contribution in [3.8, 4) is 5.75 Å². The van der Waals surface area contributed by atoms with Gasteiger partial charge in [0.25, 0.3) is 5.91 Å². The van der Waals surface area contributed by atoms with Crippen LogP contribution in [0.3, 0.4) is 0 Å². The van der Waals surface area contributed by atoms with E-state index in [2.05, 4.69) is 15.4 Å². The summed E-state index contributed by atoms with van der Waals surface area (Å²) in [7, 11) is -3.59. The minimum absolute atomic E-state index is 0.0302. The number of benzene rings is 2. The summed E-state index contributed by atoms with van der Waals surface area (Å²) in [4.78, 5) is 14.9. The van der Waals surface area contributed by atoms with E-state index < -0.39 is 27.9 Å². The molecule has 7 nitrogen and oxygen atoms in total. The number of carbonyl (C=O) groups excluding carboxylic acids is 1. The highest BCUT2D eigenvalue weighted by atomic mass is 35.5. The third-order valence-electron chi connectivity index (χ3n) is 5.50. The van der Waals surface area contributed by atoms with Gasteiger partial charge in [-0.15, -0.1) is 13.2 Å². The quantitative estimate of drug-likeness (QED) is 0.556. The van der Waals surface area contributed by atoms with Gasteiger partial charge in [-0.25, -0.2) is 8.42 Å². The summed E-state index contributed by atoms with van der Waals surface area (Å²) in [6.07, 6.45) is -4.93. The number of sulfone groups is 1. The molecular formula is C23H27ClF3N3O4S. The highest BCUT2D eigenvalue weighted by molar-refractivity contribution is 7.91. The predicted octanol–water partition coefficient (Wildman–Crippen LogP) is 4.15. The molecule has 0 unspecified atom stereocenters. The number of amides is 1. The Morgan fingerprint density at radius 1 is 1.23 bits per heavy atom. The average Bonchev–Trinajstić information content (AvgIpc) is 2.75. The highest BCUT2D eigenvalue weighted by Crippen LogP contribution is 2.30. The van der Waals surface area contributed by atoms with Crippen LogP contribution in [0.2, 0.25) is 5.02 Å². The number of rotatable bonds is 7. The second kappa shape index (κ2) is 10.2. The minimum atomic E-state index is -4.93. The molecule has 0 bridgehead atoms. The van der Waals surface area contributed by atoms with E-state index in [4.69, 9.17) is 11.6 Å². The van der Waals surface area contributed by atoms with Crippen LogP contribution in [0.1, 0.15) is 36.7 Å². The fraction of sp³-hybridized carbons (Fsp3) is 0.435. The molecule has 1 fully saturated rings. The third-order valence-corrected chi connectivity index (χ3v) is 7.56. The molecule has 2 aromatic carbocycles. The number of alkyl halides is 3. The van der Waals surface area contributed by atoms with Gasteiger partial charge in [0.05, 0.1) is 10.6 Å². The molecule has 35 heavy (non-hydrogen) atoms. The summed E-state index contributed by atoms with van der Waals surface area (Å²) < 4.78 is 67.8. The van der Waals surface area contributed by atoms with Gasteiger partial charge in [-0.05, 0) is 49.7 Å². The van der Waals surface area contributed by atoms with Crippen molar-refractivity contribution in [1.82, 2.24) is 10.6 Å². The number of ether oxygens (including phenoxy) is 1. The molecule has 12 heteroatoms. The van der Waals surface area contributed by atoms with Gasteiger partial charge in [-0.2, -0.15) is 0 Å². The first-order valence-corrected chi connectivity index (χ1v) is 12.9. The topological polar surface area (TPSA) is 87.7 Å². The van der Waals surface area contributed by atoms with Crippen LogP contribution in [0.15, 0.2) is 41.3 Å². The molecule has 0 spiro atoms. The Balaban J connectivity index is 1.90. The number of nitrogens with zero attached hydrogens (tertiary/aromatic N) is 1. The normalized spacial score (nSPS) is 16.1. The lowest BCUT2D eigenvalue weighted by Gasteiger charge is -2.40. The van der Waals surface area contributed by atoms with Crippen LogP contribution in [0.4, 0.5) is 18.9 Å². The summed E-state index contributed by atoms with van der Waals surface area (Å²) in [5.74, 6) is -1.35. The lowest BCUT2D eigenvalue weighted by atomic mass is 10.0. The Hall–Kier alpha value is -2.50. The molecule has 1 aliphatic rings. The second-order valence-corrected chi connectivity index (χ2v) is 11.5. The Morgan fingerprint density at radius 3 is 2.57 bits per heavy atom. The Bertz CT molecular complexity index is 1200. The number of halogens is 4. The van der Waals surface area contributed by atoms with E-state index in [1.54, 1.807) is 0 Å². The van der Waals surface area contributed by atoms with Crippen LogP contribution in [0, 0.1) is 0 Å². The third kappa shape index (κ3) is 7.25. The Morgan fingerprint density at radius 2 is 1.94 bits per heavy atom. The second-order valence-electron chi connectivity index (χ2n) is 8.83. The maximum atomic E-state index is 13.0. The summed E-state index contributed by atoms with van der Waals surface area (Å²) >= 11 is 6.01. The van der Waals surface area contributed by atoms with Gasteiger partial charge in [0, 0.05) is 54.1 Å². The molecule has 0 radical (unpaired) electrons. The zero-order chi connectivity index (χ0) is 26.0. The van der Waals surface area contributed by atoms with E-state index in [1.807, 2.05) is 18.7 Å². The zero-order valence-corrected chi connectivity index (χ0v) is 21.1. The number of piperazine rings is 1. The lowest BCUT2D eigenvalue weighted by Crippen LogP contribution is -2.57. The van der Waals surface area contributed by atoms with E-state index >= 15 is 0 Å². The van der Waals surface area contributed by atoms with Crippen LogP contribution in [-0.4, -0.2) is 51.6 Å². The van der Waals surface area contributed by atoms with Gasteiger partial charge in [0.15, 0.2) is 9.84 Å². The van der Waals surface area contributed by atoms with Crippen LogP contribution in [0.5, 0.6) is 5.75 Å². The minimum Gasteiger partial charge on any atom is -0.406 e. The first-order chi connectivity index (χ1) is 16.2. The number of hydrogen-bond acceptors (Lipinski definition) is 6. The average molecular weight is 534 g/mol. The fourth-order valence-electron chi connectivity index (χ4n) is 3.87. The van der Waals surface area contributed by atoms with E-state index in [0.29, 0.717) is 25.3 Å². The van der Waals surface area contributed by atoms with E-state index in [0.717, 1.165) is 6.07 Å². The zero-order valence-electron chi connectivity index (χ0n) is 19.5. The Labute approximate surface area is 207 Å². The van der Waals surface area contributed by atoms with Crippen LogP contribution in [0.25, 0.3) is 0 Å². The SMILES string of the molecule is CCS(=O)(=O)c1ccc(Cl)cc1CNC(=O)c1cc(OC(F)(F)F)cc(N2CCNC(C)(C)C2)c1. The van der Waals surface area contributed by atoms with Crippen molar-refractivity contribution < 1.29 is 31.1 Å². The Kier molecular flexibility index (Phi) is 7.93. The molecular weight excluding hydrogens is 507 g/mol.